The van der Waals surface area contributed by atoms with Gasteiger partial charge in [0.2, 0.25) is 11.9 Å². The third-order valence-electron chi connectivity index (χ3n) is 6.01. The Hall–Kier alpha value is -4.14. The van der Waals surface area contributed by atoms with Crippen molar-refractivity contribution in [3.05, 3.63) is 95.1 Å². The maximum atomic E-state index is 13.3. The lowest BCUT2D eigenvalue weighted by Crippen LogP contribution is -2.40. The summed E-state index contributed by atoms with van der Waals surface area (Å²) < 4.78 is 12.2. The number of hydrogen-bond acceptors (Lipinski definition) is 5. The third kappa shape index (κ3) is 6.40. The first-order valence-electron chi connectivity index (χ1n) is 12.0. The molecule has 1 aromatic heterocycles. The van der Waals surface area contributed by atoms with Crippen LogP contribution in [-0.2, 0) is 9.53 Å². The van der Waals surface area contributed by atoms with E-state index in [0.717, 1.165) is 16.8 Å². The zero-order chi connectivity index (χ0) is 27.1. The van der Waals surface area contributed by atoms with Crippen LogP contribution in [0.5, 0.6) is 5.75 Å². The Balaban J connectivity index is 1.62. The van der Waals surface area contributed by atoms with Gasteiger partial charge in [0.25, 0.3) is 5.91 Å². The molecular formula is C29H29ClN4O4. The van der Waals surface area contributed by atoms with Crippen LogP contribution in [0.2, 0.25) is 5.02 Å². The predicted molar refractivity (Wildman–Crippen MR) is 148 cm³/mol. The summed E-state index contributed by atoms with van der Waals surface area (Å²) in [7, 11) is 3.16. The Morgan fingerprint density at radius 2 is 1.71 bits per heavy atom. The molecule has 0 saturated heterocycles. The largest absolute Gasteiger partial charge is 0.497 e. The molecule has 0 aliphatic rings. The van der Waals surface area contributed by atoms with Crippen LogP contribution in [0.4, 0.5) is 5.95 Å². The minimum absolute atomic E-state index is 0.164. The molecule has 0 aliphatic heterocycles. The Bertz CT molecular complexity index is 1400. The van der Waals surface area contributed by atoms with Crippen LogP contribution in [0.15, 0.2) is 79.0 Å². The fourth-order valence-electron chi connectivity index (χ4n) is 3.94. The van der Waals surface area contributed by atoms with Gasteiger partial charge in [0.1, 0.15) is 12.3 Å². The molecular weight excluding hydrogens is 504 g/mol. The van der Waals surface area contributed by atoms with Gasteiger partial charge in [-0.25, -0.2) is 4.98 Å². The number of hydrogen-bond donors (Lipinski definition) is 1. The van der Waals surface area contributed by atoms with E-state index in [-0.39, 0.29) is 24.9 Å². The molecule has 9 heteroatoms. The van der Waals surface area contributed by atoms with Crippen molar-refractivity contribution in [3.8, 4) is 22.7 Å². The predicted octanol–water partition coefficient (Wildman–Crippen LogP) is 5.24. The summed E-state index contributed by atoms with van der Waals surface area (Å²) in [4.78, 5) is 32.7. The Morgan fingerprint density at radius 1 is 1.00 bits per heavy atom. The van der Waals surface area contributed by atoms with Crippen LogP contribution in [0, 0.1) is 6.92 Å². The van der Waals surface area contributed by atoms with Gasteiger partial charge in [0.15, 0.2) is 0 Å². The number of carbonyl (C=O) groups is 2. The van der Waals surface area contributed by atoms with Gasteiger partial charge in [-0.3, -0.25) is 19.5 Å². The van der Waals surface area contributed by atoms with E-state index < -0.39 is 0 Å². The first-order valence-corrected chi connectivity index (χ1v) is 12.4. The number of aryl methyl sites for hydroxylation is 1. The molecule has 0 fully saturated rings. The Kier molecular flexibility index (Phi) is 8.78. The number of amides is 2. The second kappa shape index (κ2) is 12.4. The average Bonchev–Trinajstić information content (AvgIpc) is 3.34. The molecule has 4 aromatic rings. The number of carbonyl (C=O) groups excluding carboxylic acids is 2. The number of methoxy groups -OCH3 is 2. The van der Waals surface area contributed by atoms with Crippen molar-refractivity contribution in [1.29, 1.82) is 0 Å². The van der Waals surface area contributed by atoms with E-state index in [1.807, 2.05) is 61.7 Å². The monoisotopic (exact) mass is 532 g/mol. The number of nitrogens with zero attached hydrogens (tertiary/aromatic N) is 3. The number of aromatic nitrogens is 2. The molecule has 4 rings (SSSR count). The molecule has 2 amide bonds. The highest BCUT2D eigenvalue weighted by Crippen LogP contribution is 2.26. The molecule has 196 valence electrons. The van der Waals surface area contributed by atoms with E-state index in [2.05, 4.69) is 10.3 Å². The summed E-state index contributed by atoms with van der Waals surface area (Å²) in [5.41, 5.74) is 3.65. The second-order valence-corrected chi connectivity index (χ2v) is 9.04. The highest BCUT2D eigenvalue weighted by atomic mass is 35.5. The Morgan fingerprint density at radius 3 is 2.37 bits per heavy atom. The summed E-state index contributed by atoms with van der Waals surface area (Å²) in [6, 6.07) is 22.0. The van der Waals surface area contributed by atoms with Crippen LogP contribution in [0.3, 0.4) is 0 Å². The minimum Gasteiger partial charge on any atom is -0.497 e. The maximum Gasteiger partial charge on any atom is 0.254 e. The van der Waals surface area contributed by atoms with Crippen molar-refractivity contribution in [2.75, 3.05) is 39.2 Å². The lowest BCUT2D eigenvalue weighted by atomic mass is 10.1. The number of anilines is 1. The molecule has 0 unspecified atom stereocenters. The van der Waals surface area contributed by atoms with Gasteiger partial charge >= 0.3 is 0 Å². The number of nitrogens with one attached hydrogen (secondary N) is 1. The molecule has 0 bridgehead atoms. The first kappa shape index (κ1) is 26.9. The van der Waals surface area contributed by atoms with Crippen molar-refractivity contribution in [2.45, 2.75) is 6.92 Å². The standard InChI is InChI=1S/C29H29ClN4O4/c1-20-6-4-5-7-25(20)28(36)33(16-17-37-2)19-27(35)32-29-31-26(21-8-10-22(30)11-9-21)18-34(29)23-12-14-24(38-3)15-13-23/h4-15,18H,16-17,19H2,1-3H3,(H,31,32,35). The second-order valence-electron chi connectivity index (χ2n) is 8.61. The quantitative estimate of drug-likeness (QED) is 0.302. The molecule has 0 saturated carbocycles. The number of benzene rings is 3. The normalized spacial score (nSPS) is 10.7. The molecule has 1 heterocycles. The summed E-state index contributed by atoms with van der Waals surface area (Å²) >= 11 is 6.06. The molecule has 1 N–H and O–H groups in total. The summed E-state index contributed by atoms with van der Waals surface area (Å²) in [6.07, 6.45) is 1.84. The molecule has 3 aromatic carbocycles. The number of ether oxygens (including phenoxy) is 2. The zero-order valence-corrected chi connectivity index (χ0v) is 22.2. The van der Waals surface area contributed by atoms with E-state index in [4.69, 9.17) is 21.1 Å². The topological polar surface area (TPSA) is 85.7 Å². The lowest BCUT2D eigenvalue weighted by molar-refractivity contribution is -0.117. The van der Waals surface area contributed by atoms with Crippen molar-refractivity contribution in [3.63, 3.8) is 0 Å². The summed E-state index contributed by atoms with van der Waals surface area (Å²) in [5.74, 6) is 0.405. The highest BCUT2D eigenvalue weighted by molar-refractivity contribution is 6.30. The molecule has 8 nitrogen and oxygen atoms in total. The zero-order valence-electron chi connectivity index (χ0n) is 21.5. The molecule has 0 spiro atoms. The number of imidazole rings is 1. The van der Waals surface area contributed by atoms with Gasteiger partial charge in [0, 0.05) is 41.7 Å². The van der Waals surface area contributed by atoms with Crippen LogP contribution >= 0.6 is 11.6 Å². The fraction of sp³-hybridized carbons (Fsp3) is 0.207. The van der Waals surface area contributed by atoms with E-state index in [1.54, 1.807) is 43.1 Å². The lowest BCUT2D eigenvalue weighted by Gasteiger charge is -2.22. The number of halogens is 1. The molecule has 0 radical (unpaired) electrons. The van der Waals surface area contributed by atoms with Crippen molar-refractivity contribution in [2.24, 2.45) is 0 Å². The third-order valence-corrected chi connectivity index (χ3v) is 6.26. The summed E-state index contributed by atoms with van der Waals surface area (Å²) in [5, 5.41) is 3.50. The van der Waals surface area contributed by atoms with E-state index in [9.17, 15) is 9.59 Å². The van der Waals surface area contributed by atoms with E-state index in [1.165, 1.54) is 4.90 Å². The highest BCUT2D eigenvalue weighted by Gasteiger charge is 2.22. The van der Waals surface area contributed by atoms with Crippen LogP contribution in [-0.4, -0.2) is 60.2 Å². The Labute approximate surface area is 226 Å². The van der Waals surface area contributed by atoms with Crippen molar-refractivity contribution in [1.82, 2.24) is 14.5 Å². The van der Waals surface area contributed by atoms with E-state index in [0.29, 0.717) is 34.6 Å². The van der Waals surface area contributed by atoms with Crippen molar-refractivity contribution < 1.29 is 19.1 Å². The summed E-state index contributed by atoms with van der Waals surface area (Å²) in [6.45, 7) is 2.26. The van der Waals surface area contributed by atoms with Crippen molar-refractivity contribution >= 4 is 29.4 Å². The maximum absolute atomic E-state index is 13.3. The van der Waals surface area contributed by atoms with Gasteiger partial charge in [0.05, 0.1) is 19.4 Å². The average molecular weight is 533 g/mol. The van der Waals surface area contributed by atoms with Gasteiger partial charge in [-0.15, -0.1) is 0 Å². The van der Waals surface area contributed by atoms with E-state index >= 15 is 0 Å². The number of rotatable bonds is 10. The van der Waals surface area contributed by atoms with Crippen LogP contribution in [0.1, 0.15) is 15.9 Å². The first-order chi connectivity index (χ1) is 18.4. The van der Waals surface area contributed by atoms with Gasteiger partial charge in [-0.05, 0) is 55.0 Å². The minimum atomic E-state index is -0.383. The molecule has 0 atom stereocenters. The molecule has 0 aliphatic carbocycles. The van der Waals surface area contributed by atoms with Crippen LogP contribution < -0.4 is 10.1 Å². The van der Waals surface area contributed by atoms with Gasteiger partial charge in [-0.2, -0.15) is 0 Å². The van der Waals surface area contributed by atoms with Gasteiger partial charge < -0.3 is 14.4 Å². The SMILES string of the molecule is COCCN(CC(=O)Nc1nc(-c2ccc(Cl)cc2)cn1-c1ccc(OC)cc1)C(=O)c1ccccc1C. The fourth-order valence-corrected chi connectivity index (χ4v) is 4.07. The van der Waals surface area contributed by atoms with Gasteiger partial charge in [-0.1, -0.05) is 41.9 Å². The van der Waals surface area contributed by atoms with Crippen LogP contribution in [0.25, 0.3) is 16.9 Å². The molecule has 38 heavy (non-hydrogen) atoms. The smallest absolute Gasteiger partial charge is 0.254 e.